The molecule has 4 aromatic rings. The Hall–Kier alpha value is -3.15. The van der Waals surface area contributed by atoms with Crippen molar-refractivity contribution in [2.24, 2.45) is 0 Å². The minimum Gasteiger partial charge on any atom is -0.454 e. The first kappa shape index (κ1) is 13.5. The molecule has 0 radical (unpaired) electrons. The third kappa shape index (κ3) is 2.15. The summed E-state index contributed by atoms with van der Waals surface area (Å²) >= 11 is 0. The molecule has 0 aliphatic heterocycles. The summed E-state index contributed by atoms with van der Waals surface area (Å²) in [7, 11) is 0. The lowest BCUT2D eigenvalue weighted by Crippen LogP contribution is -2.07. The molecule has 23 heavy (non-hydrogen) atoms. The number of carbonyl (C=O) groups excluding carboxylic acids is 1. The van der Waals surface area contributed by atoms with Crippen LogP contribution in [0.1, 0.15) is 6.92 Å². The molecule has 0 aliphatic rings. The zero-order valence-electron chi connectivity index (χ0n) is 12.2. The number of halogens is 1. The van der Waals surface area contributed by atoms with Crippen LogP contribution in [0.25, 0.3) is 33.3 Å². The topological polar surface area (TPSA) is 70.9 Å². The summed E-state index contributed by atoms with van der Waals surface area (Å²) in [6, 6.07) is 12.5. The third-order valence-electron chi connectivity index (χ3n) is 3.64. The molecule has 1 amide bonds. The van der Waals surface area contributed by atoms with Crippen molar-refractivity contribution >= 4 is 33.5 Å². The lowest BCUT2D eigenvalue weighted by Gasteiger charge is -2.04. The van der Waals surface area contributed by atoms with Crippen molar-refractivity contribution in [3.63, 3.8) is 0 Å². The first-order chi connectivity index (χ1) is 11.1. The van der Waals surface area contributed by atoms with Gasteiger partial charge in [-0.1, -0.05) is 18.2 Å². The first-order valence-electron chi connectivity index (χ1n) is 7.06. The fourth-order valence-corrected chi connectivity index (χ4v) is 2.64. The highest BCUT2D eigenvalue weighted by atomic mass is 19.1. The SMILES string of the molecule is CC(=O)Nc1ccc2[nH]nc(-c3cc4ccccc4o3)c2c1F. The molecule has 0 saturated carbocycles. The number of nitrogens with one attached hydrogen (secondary N) is 2. The van der Waals surface area contributed by atoms with Gasteiger partial charge in [-0.05, 0) is 24.3 Å². The van der Waals surface area contributed by atoms with Crippen molar-refractivity contribution in [1.29, 1.82) is 0 Å². The normalized spacial score (nSPS) is 11.2. The molecular weight excluding hydrogens is 297 g/mol. The maximum absolute atomic E-state index is 14.7. The number of anilines is 1. The van der Waals surface area contributed by atoms with Crippen LogP contribution >= 0.6 is 0 Å². The van der Waals surface area contributed by atoms with Gasteiger partial charge in [0.15, 0.2) is 11.6 Å². The fourth-order valence-electron chi connectivity index (χ4n) is 2.64. The van der Waals surface area contributed by atoms with E-state index < -0.39 is 5.82 Å². The number of para-hydroxylation sites is 1. The van der Waals surface area contributed by atoms with E-state index in [1.807, 2.05) is 30.3 Å². The van der Waals surface area contributed by atoms with Crippen LogP contribution in [0.4, 0.5) is 10.1 Å². The summed E-state index contributed by atoms with van der Waals surface area (Å²) in [6.07, 6.45) is 0. The molecule has 0 atom stereocenters. The van der Waals surface area contributed by atoms with Crippen molar-refractivity contribution in [3.8, 4) is 11.5 Å². The smallest absolute Gasteiger partial charge is 0.221 e. The average Bonchev–Trinajstić information content (AvgIpc) is 3.13. The Kier molecular flexibility index (Phi) is 2.90. The zero-order chi connectivity index (χ0) is 16.0. The monoisotopic (exact) mass is 309 g/mol. The number of rotatable bonds is 2. The summed E-state index contributed by atoms with van der Waals surface area (Å²) in [5, 5.41) is 10.6. The van der Waals surface area contributed by atoms with Gasteiger partial charge in [-0.3, -0.25) is 9.89 Å². The van der Waals surface area contributed by atoms with E-state index in [2.05, 4.69) is 15.5 Å². The number of furan rings is 1. The summed E-state index contributed by atoms with van der Waals surface area (Å²) < 4.78 is 20.5. The lowest BCUT2D eigenvalue weighted by molar-refractivity contribution is -0.114. The lowest BCUT2D eigenvalue weighted by atomic mass is 10.1. The molecule has 2 heterocycles. The van der Waals surface area contributed by atoms with E-state index in [1.54, 1.807) is 6.07 Å². The van der Waals surface area contributed by atoms with Crippen molar-refractivity contribution in [1.82, 2.24) is 10.2 Å². The molecule has 5 nitrogen and oxygen atoms in total. The third-order valence-corrected chi connectivity index (χ3v) is 3.64. The van der Waals surface area contributed by atoms with Crippen LogP contribution < -0.4 is 5.32 Å². The van der Waals surface area contributed by atoms with Gasteiger partial charge in [0, 0.05) is 12.3 Å². The predicted molar refractivity (Wildman–Crippen MR) is 85.6 cm³/mol. The van der Waals surface area contributed by atoms with Crippen LogP contribution in [-0.4, -0.2) is 16.1 Å². The highest BCUT2D eigenvalue weighted by Crippen LogP contribution is 2.34. The van der Waals surface area contributed by atoms with Gasteiger partial charge in [0.2, 0.25) is 5.91 Å². The number of amides is 1. The molecule has 0 fully saturated rings. The highest BCUT2D eigenvalue weighted by molar-refractivity contribution is 5.99. The Morgan fingerprint density at radius 3 is 2.87 bits per heavy atom. The number of carbonyl (C=O) groups is 1. The van der Waals surface area contributed by atoms with Gasteiger partial charge in [-0.2, -0.15) is 5.10 Å². The van der Waals surface area contributed by atoms with E-state index in [0.29, 0.717) is 22.6 Å². The minimum atomic E-state index is -0.540. The van der Waals surface area contributed by atoms with E-state index in [1.165, 1.54) is 13.0 Å². The number of aromatic nitrogens is 2. The Bertz CT molecular complexity index is 1020. The summed E-state index contributed by atoms with van der Waals surface area (Å²) in [5.41, 5.74) is 1.73. The molecule has 2 aromatic heterocycles. The molecule has 2 N–H and O–H groups in total. The van der Waals surface area contributed by atoms with Crippen molar-refractivity contribution in [2.75, 3.05) is 5.32 Å². The van der Waals surface area contributed by atoms with Crippen LogP contribution in [0.2, 0.25) is 0 Å². The van der Waals surface area contributed by atoms with Crippen molar-refractivity contribution < 1.29 is 13.6 Å². The molecular formula is C17H12FN3O2. The Balaban J connectivity index is 1.94. The molecule has 0 saturated heterocycles. The zero-order valence-corrected chi connectivity index (χ0v) is 12.2. The number of hydrogen-bond acceptors (Lipinski definition) is 3. The van der Waals surface area contributed by atoms with E-state index >= 15 is 0 Å². The molecule has 0 spiro atoms. The second-order valence-corrected chi connectivity index (χ2v) is 5.25. The summed E-state index contributed by atoms with van der Waals surface area (Å²) in [4.78, 5) is 11.2. The molecule has 0 aliphatic carbocycles. The number of H-pyrrole nitrogens is 1. The molecule has 2 aromatic carbocycles. The molecule has 4 rings (SSSR count). The number of benzene rings is 2. The second-order valence-electron chi connectivity index (χ2n) is 5.25. The first-order valence-corrected chi connectivity index (χ1v) is 7.06. The number of hydrogen-bond donors (Lipinski definition) is 2. The number of fused-ring (bicyclic) bond motifs is 2. The average molecular weight is 309 g/mol. The van der Waals surface area contributed by atoms with Crippen LogP contribution in [0.5, 0.6) is 0 Å². The Labute approximate surface area is 130 Å². The Morgan fingerprint density at radius 2 is 2.09 bits per heavy atom. The van der Waals surface area contributed by atoms with E-state index in [9.17, 15) is 9.18 Å². The predicted octanol–water partition coefficient (Wildman–Crippen LogP) is 4.07. The molecule has 6 heteroatoms. The van der Waals surface area contributed by atoms with Gasteiger partial charge >= 0.3 is 0 Å². The van der Waals surface area contributed by atoms with Crippen LogP contribution in [0.3, 0.4) is 0 Å². The standard InChI is InChI=1S/C17H12FN3O2/c1-9(22)19-12-7-6-11-15(16(12)18)17(21-20-11)14-8-10-4-2-3-5-13(10)23-14/h2-8H,1H3,(H,19,22)(H,20,21). The van der Waals surface area contributed by atoms with E-state index in [4.69, 9.17) is 4.42 Å². The van der Waals surface area contributed by atoms with Gasteiger partial charge in [0.05, 0.1) is 16.6 Å². The minimum absolute atomic E-state index is 0.115. The fraction of sp³-hybridized carbons (Fsp3) is 0.0588. The maximum atomic E-state index is 14.7. The molecule has 0 bridgehead atoms. The van der Waals surface area contributed by atoms with Crippen LogP contribution in [-0.2, 0) is 4.79 Å². The van der Waals surface area contributed by atoms with Gasteiger partial charge < -0.3 is 9.73 Å². The van der Waals surface area contributed by atoms with Gasteiger partial charge in [-0.15, -0.1) is 0 Å². The quantitative estimate of drug-likeness (QED) is 0.586. The maximum Gasteiger partial charge on any atom is 0.221 e. The highest BCUT2D eigenvalue weighted by Gasteiger charge is 2.19. The summed E-state index contributed by atoms with van der Waals surface area (Å²) in [5.74, 6) is -0.407. The van der Waals surface area contributed by atoms with E-state index in [-0.39, 0.29) is 17.0 Å². The van der Waals surface area contributed by atoms with Crippen LogP contribution in [0.15, 0.2) is 46.9 Å². The summed E-state index contributed by atoms with van der Waals surface area (Å²) in [6.45, 7) is 1.33. The van der Waals surface area contributed by atoms with Gasteiger partial charge in [0.25, 0.3) is 0 Å². The largest absolute Gasteiger partial charge is 0.454 e. The second kappa shape index (κ2) is 4.95. The van der Waals surface area contributed by atoms with Gasteiger partial charge in [-0.25, -0.2) is 4.39 Å². The van der Waals surface area contributed by atoms with Gasteiger partial charge in [0.1, 0.15) is 11.3 Å². The Morgan fingerprint density at radius 1 is 1.26 bits per heavy atom. The molecule has 114 valence electrons. The molecule has 0 unspecified atom stereocenters. The van der Waals surface area contributed by atoms with Crippen molar-refractivity contribution in [2.45, 2.75) is 6.92 Å². The number of aromatic amines is 1. The van der Waals surface area contributed by atoms with Crippen LogP contribution in [0, 0.1) is 5.82 Å². The van der Waals surface area contributed by atoms with E-state index in [0.717, 1.165) is 5.39 Å². The number of nitrogens with zero attached hydrogens (tertiary/aromatic N) is 1. The van der Waals surface area contributed by atoms with Crippen molar-refractivity contribution in [3.05, 3.63) is 48.3 Å².